The van der Waals surface area contributed by atoms with Crippen molar-refractivity contribution >= 4 is 29.3 Å². The first-order chi connectivity index (χ1) is 16.9. The number of hydrogen-bond donors (Lipinski definition) is 2. The first-order valence-electron chi connectivity index (χ1n) is 11.4. The van der Waals surface area contributed by atoms with Crippen LogP contribution >= 0.6 is 11.8 Å². The summed E-state index contributed by atoms with van der Waals surface area (Å²) in [7, 11) is 1.60. The lowest BCUT2D eigenvalue weighted by molar-refractivity contribution is -0.121. The van der Waals surface area contributed by atoms with Gasteiger partial charge < -0.3 is 24.7 Å². The lowest BCUT2D eigenvalue weighted by Crippen LogP contribution is -2.30. The first kappa shape index (κ1) is 26.1. The van der Waals surface area contributed by atoms with Gasteiger partial charge >= 0.3 is 0 Å². The summed E-state index contributed by atoms with van der Waals surface area (Å²) in [6, 6.07) is 14.4. The third kappa shape index (κ3) is 7.22. The number of ether oxygens (including phenoxy) is 2. The van der Waals surface area contributed by atoms with Crippen molar-refractivity contribution in [2.24, 2.45) is 0 Å². The molecule has 0 spiro atoms. The van der Waals surface area contributed by atoms with Gasteiger partial charge in [0.2, 0.25) is 11.8 Å². The van der Waals surface area contributed by atoms with Gasteiger partial charge in [0.1, 0.15) is 11.5 Å². The number of para-hydroxylation sites is 2. The third-order valence-electron chi connectivity index (χ3n) is 5.14. The molecule has 2 aromatic carbocycles. The van der Waals surface area contributed by atoms with E-state index in [0.29, 0.717) is 35.6 Å². The van der Waals surface area contributed by atoms with E-state index in [1.165, 1.54) is 11.8 Å². The SMILES string of the molecule is CCOc1ccccc1NC(=O)CSc1nnc(C(C)NC(=O)Cc2ccc(OC)cc2)n1CC. The average molecular weight is 498 g/mol. The van der Waals surface area contributed by atoms with Crippen LogP contribution in [0.25, 0.3) is 0 Å². The van der Waals surface area contributed by atoms with E-state index in [-0.39, 0.29) is 30.0 Å². The molecule has 0 bridgehead atoms. The minimum Gasteiger partial charge on any atom is -0.497 e. The predicted molar refractivity (Wildman–Crippen MR) is 136 cm³/mol. The zero-order chi connectivity index (χ0) is 25.2. The number of anilines is 1. The zero-order valence-electron chi connectivity index (χ0n) is 20.4. The van der Waals surface area contributed by atoms with Crippen LogP contribution in [0.5, 0.6) is 11.5 Å². The molecular formula is C25H31N5O4S. The maximum Gasteiger partial charge on any atom is 0.234 e. The van der Waals surface area contributed by atoms with Gasteiger partial charge in [-0.05, 0) is 50.6 Å². The number of hydrogen-bond acceptors (Lipinski definition) is 7. The van der Waals surface area contributed by atoms with Crippen molar-refractivity contribution in [3.05, 3.63) is 59.9 Å². The summed E-state index contributed by atoms with van der Waals surface area (Å²) >= 11 is 1.29. The number of carbonyl (C=O) groups is 2. The van der Waals surface area contributed by atoms with E-state index in [1.54, 1.807) is 13.2 Å². The van der Waals surface area contributed by atoms with E-state index in [4.69, 9.17) is 9.47 Å². The smallest absolute Gasteiger partial charge is 0.234 e. The van der Waals surface area contributed by atoms with E-state index in [9.17, 15) is 9.59 Å². The molecule has 0 saturated carbocycles. The molecule has 35 heavy (non-hydrogen) atoms. The number of nitrogens with one attached hydrogen (secondary N) is 2. The zero-order valence-corrected chi connectivity index (χ0v) is 21.2. The Morgan fingerprint density at radius 1 is 1.06 bits per heavy atom. The van der Waals surface area contributed by atoms with Crippen molar-refractivity contribution < 1.29 is 19.1 Å². The molecule has 186 valence electrons. The Morgan fingerprint density at radius 3 is 2.49 bits per heavy atom. The number of carbonyl (C=O) groups excluding carboxylic acids is 2. The fourth-order valence-corrected chi connectivity index (χ4v) is 4.29. The molecule has 0 saturated heterocycles. The quantitative estimate of drug-likeness (QED) is 0.366. The minimum atomic E-state index is -0.338. The second-order valence-corrected chi connectivity index (χ2v) is 8.61. The van der Waals surface area contributed by atoms with Gasteiger partial charge in [0.25, 0.3) is 0 Å². The van der Waals surface area contributed by atoms with Crippen LogP contribution in [-0.2, 0) is 22.6 Å². The molecule has 1 heterocycles. The summed E-state index contributed by atoms with van der Waals surface area (Å²) in [6.07, 6.45) is 0.250. The van der Waals surface area contributed by atoms with E-state index >= 15 is 0 Å². The topological polar surface area (TPSA) is 107 Å². The largest absolute Gasteiger partial charge is 0.497 e. The molecule has 0 aliphatic carbocycles. The van der Waals surface area contributed by atoms with Crippen molar-refractivity contribution in [3.63, 3.8) is 0 Å². The van der Waals surface area contributed by atoms with Gasteiger partial charge in [0.05, 0.1) is 37.6 Å². The molecule has 2 N–H and O–H groups in total. The van der Waals surface area contributed by atoms with E-state index in [1.807, 2.05) is 67.8 Å². The van der Waals surface area contributed by atoms with Gasteiger partial charge in [0.15, 0.2) is 11.0 Å². The van der Waals surface area contributed by atoms with Crippen molar-refractivity contribution in [1.82, 2.24) is 20.1 Å². The Hall–Kier alpha value is -3.53. The number of thioether (sulfide) groups is 1. The number of aromatic nitrogens is 3. The molecular weight excluding hydrogens is 466 g/mol. The molecule has 0 aliphatic heterocycles. The number of amides is 2. The summed E-state index contributed by atoms with van der Waals surface area (Å²) in [4.78, 5) is 25.1. The molecule has 0 fully saturated rings. The summed E-state index contributed by atoms with van der Waals surface area (Å²) in [5, 5.41) is 15.0. The monoisotopic (exact) mass is 497 g/mol. The Balaban J connectivity index is 1.57. The summed E-state index contributed by atoms with van der Waals surface area (Å²) in [5.74, 6) is 1.89. The van der Waals surface area contributed by atoms with E-state index < -0.39 is 0 Å². The molecule has 3 aromatic rings. The molecule has 1 atom stereocenters. The highest BCUT2D eigenvalue weighted by Gasteiger charge is 2.20. The molecule has 10 heteroatoms. The highest BCUT2D eigenvalue weighted by Crippen LogP contribution is 2.25. The Bertz CT molecular complexity index is 1130. The van der Waals surface area contributed by atoms with Crippen LogP contribution in [0.3, 0.4) is 0 Å². The lowest BCUT2D eigenvalue weighted by Gasteiger charge is -2.15. The maximum absolute atomic E-state index is 12.6. The Kier molecular flexibility index (Phi) is 9.54. The summed E-state index contributed by atoms with van der Waals surface area (Å²) in [5.41, 5.74) is 1.52. The van der Waals surface area contributed by atoms with Crippen molar-refractivity contribution in [2.75, 3.05) is 24.8 Å². The van der Waals surface area contributed by atoms with Gasteiger partial charge in [0, 0.05) is 6.54 Å². The highest BCUT2D eigenvalue weighted by atomic mass is 32.2. The molecule has 1 aromatic heterocycles. The van der Waals surface area contributed by atoms with Gasteiger partial charge in [-0.2, -0.15) is 0 Å². The van der Waals surface area contributed by atoms with Crippen molar-refractivity contribution in [2.45, 2.75) is 44.9 Å². The maximum atomic E-state index is 12.6. The Morgan fingerprint density at radius 2 is 1.80 bits per heavy atom. The fraction of sp³-hybridized carbons (Fsp3) is 0.360. The van der Waals surface area contributed by atoms with Crippen LogP contribution in [0.15, 0.2) is 53.7 Å². The fourth-order valence-electron chi connectivity index (χ4n) is 3.48. The molecule has 2 amide bonds. The highest BCUT2D eigenvalue weighted by molar-refractivity contribution is 7.99. The van der Waals surface area contributed by atoms with Gasteiger partial charge in [-0.1, -0.05) is 36.0 Å². The standard InChI is InChI=1S/C25H31N5O4S/c1-5-30-24(17(3)26-22(31)15-18-11-13-19(33-4)14-12-18)28-29-25(30)35-16-23(32)27-20-9-7-8-10-21(20)34-6-2/h7-14,17H,5-6,15-16H2,1-4H3,(H,26,31)(H,27,32). The van der Waals surface area contributed by atoms with Crippen LogP contribution in [0.2, 0.25) is 0 Å². The van der Waals surface area contributed by atoms with Gasteiger partial charge in [-0.25, -0.2) is 0 Å². The number of benzene rings is 2. The number of nitrogens with zero attached hydrogens (tertiary/aromatic N) is 3. The van der Waals surface area contributed by atoms with Crippen LogP contribution in [0, 0.1) is 0 Å². The van der Waals surface area contributed by atoms with Crippen molar-refractivity contribution in [1.29, 1.82) is 0 Å². The Labute approximate surface area is 209 Å². The van der Waals surface area contributed by atoms with Gasteiger partial charge in [-0.15, -0.1) is 10.2 Å². The van der Waals surface area contributed by atoms with Gasteiger partial charge in [-0.3, -0.25) is 9.59 Å². The number of rotatable bonds is 12. The molecule has 1 unspecified atom stereocenters. The molecule has 0 radical (unpaired) electrons. The average Bonchev–Trinajstić information content (AvgIpc) is 3.27. The van der Waals surface area contributed by atoms with Crippen LogP contribution < -0.4 is 20.1 Å². The summed E-state index contributed by atoms with van der Waals surface area (Å²) < 4.78 is 12.6. The normalized spacial score (nSPS) is 11.5. The lowest BCUT2D eigenvalue weighted by atomic mass is 10.1. The predicted octanol–water partition coefficient (Wildman–Crippen LogP) is 3.86. The molecule has 3 rings (SSSR count). The van der Waals surface area contributed by atoms with Crippen molar-refractivity contribution in [3.8, 4) is 11.5 Å². The number of methoxy groups -OCH3 is 1. The van der Waals surface area contributed by atoms with E-state index in [2.05, 4.69) is 20.8 Å². The summed E-state index contributed by atoms with van der Waals surface area (Å²) in [6.45, 7) is 6.86. The van der Waals surface area contributed by atoms with E-state index in [0.717, 1.165) is 11.3 Å². The minimum absolute atomic E-state index is 0.116. The first-order valence-corrected chi connectivity index (χ1v) is 12.4. The molecule has 0 aliphatic rings. The second-order valence-electron chi connectivity index (χ2n) is 7.67. The van der Waals surface area contributed by atoms with Crippen LogP contribution in [0.1, 0.15) is 38.2 Å². The third-order valence-corrected chi connectivity index (χ3v) is 6.11. The second kappa shape index (κ2) is 12.8. The molecule has 9 nitrogen and oxygen atoms in total. The van der Waals surface area contributed by atoms with Crippen LogP contribution in [-0.4, -0.2) is 46.0 Å². The van der Waals surface area contributed by atoms with Crippen LogP contribution in [0.4, 0.5) is 5.69 Å².